The highest BCUT2D eigenvalue weighted by Crippen LogP contribution is 2.48. The summed E-state index contributed by atoms with van der Waals surface area (Å²) in [6, 6.07) is 0. The fraction of sp³-hybridized carbons (Fsp3) is 0.500. The van der Waals surface area contributed by atoms with Gasteiger partial charge in [0, 0.05) is 11.1 Å². The van der Waals surface area contributed by atoms with E-state index >= 15 is 0 Å². The van der Waals surface area contributed by atoms with Crippen LogP contribution in [0.15, 0.2) is 23.3 Å². The van der Waals surface area contributed by atoms with Crippen molar-refractivity contribution in [3.63, 3.8) is 0 Å². The summed E-state index contributed by atoms with van der Waals surface area (Å²) >= 11 is 0. The van der Waals surface area contributed by atoms with Crippen molar-refractivity contribution in [2.45, 2.75) is 53.4 Å². The first kappa shape index (κ1) is 19.9. The summed E-state index contributed by atoms with van der Waals surface area (Å²) in [5.74, 6) is 0.440. The zero-order valence-corrected chi connectivity index (χ0v) is 15.7. The maximum Gasteiger partial charge on any atom is 0.207 e. The van der Waals surface area contributed by atoms with Gasteiger partial charge in [-0.1, -0.05) is 30.2 Å². The summed E-state index contributed by atoms with van der Waals surface area (Å²) in [5.41, 5.74) is 3.95. The third kappa shape index (κ3) is 4.70. The summed E-state index contributed by atoms with van der Waals surface area (Å²) in [5, 5.41) is 21.0. The minimum absolute atomic E-state index is 0.0392. The highest BCUT2D eigenvalue weighted by molar-refractivity contribution is 5.66. The molecule has 134 valence electrons. The van der Waals surface area contributed by atoms with Crippen molar-refractivity contribution < 1.29 is 19.7 Å². The number of aromatic hydroxyl groups is 2. The molecule has 0 unspecified atom stereocenters. The van der Waals surface area contributed by atoms with Crippen LogP contribution in [-0.2, 0) is 12.8 Å². The molecule has 4 nitrogen and oxygen atoms in total. The van der Waals surface area contributed by atoms with E-state index in [1.165, 1.54) is 25.4 Å². The number of allylic oxidation sites excluding steroid dienone is 4. The molecule has 1 rings (SSSR count). The summed E-state index contributed by atoms with van der Waals surface area (Å²) in [6.45, 7) is 8.21. The van der Waals surface area contributed by atoms with Crippen LogP contribution in [0, 0.1) is 0 Å². The highest BCUT2D eigenvalue weighted by Gasteiger charge is 2.23. The van der Waals surface area contributed by atoms with Crippen molar-refractivity contribution in [3.8, 4) is 23.0 Å². The molecule has 0 saturated heterocycles. The SMILES string of the molecule is CCc1c(O)c(OC)c(OC)c(O)c1C/C=C(\C)CCC=C(C)C. The van der Waals surface area contributed by atoms with Crippen LogP contribution in [0.2, 0.25) is 0 Å². The summed E-state index contributed by atoms with van der Waals surface area (Å²) in [7, 11) is 2.90. The molecule has 0 aromatic heterocycles. The van der Waals surface area contributed by atoms with Gasteiger partial charge in [0.15, 0.2) is 11.5 Å². The standard InChI is InChI=1S/C20H30O4/c1-7-15-16(12-11-14(4)10-8-9-13(2)3)18(22)20(24-6)19(23-5)17(15)21/h9,11,21-22H,7-8,10,12H2,1-6H3/b14-11+. The normalized spacial score (nSPS) is 11.3. The van der Waals surface area contributed by atoms with Gasteiger partial charge in [-0.15, -0.1) is 0 Å². The van der Waals surface area contributed by atoms with Crippen LogP contribution < -0.4 is 9.47 Å². The van der Waals surface area contributed by atoms with Gasteiger partial charge >= 0.3 is 0 Å². The highest BCUT2D eigenvalue weighted by atomic mass is 16.5. The monoisotopic (exact) mass is 334 g/mol. The molecule has 0 spiro atoms. The van der Waals surface area contributed by atoms with Crippen LogP contribution in [0.5, 0.6) is 23.0 Å². The average Bonchev–Trinajstić information content (AvgIpc) is 2.54. The van der Waals surface area contributed by atoms with Crippen LogP contribution in [0.4, 0.5) is 0 Å². The lowest BCUT2D eigenvalue weighted by Crippen LogP contribution is -2.00. The molecular formula is C20H30O4. The van der Waals surface area contributed by atoms with E-state index in [4.69, 9.17) is 9.47 Å². The lowest BCUT2D eigenvalue weighted by atomic mass is 9.97. The van der Waals surface area contributed by atoms with E-state index in [9.17, 15) is 10.2 Å². The largest absolute Gasteiger partial charge is 0.504 e. The van der Waals surface area contributed by atoms with E-state index < -0.39 is 0 Å². The lowest BCUT2D eigenvalue weighted by molar-refractivity contribution is 0.313. The molecule has 0 radical (unpaired) electrons. The third-order valence-corrected chi connectivity index (χ3v) is 4.08. The van der Waals surface area contributed by atoms with Gasteiger partial charge in [0.05, 0.1) is 14.2 Å². The van der Waals surface area contributed by atoms with Crippen molar-refractivity contribution in [2.75, 3.05) is 14.2 Å². The number of benzene rings is 1. The zero-order valence-electron chi connectivity index (χ0n) is 15.7. The minimum atomic E-state index is 0.0392. The van der Waals surface area contributed by atoms with Crippen LogP contribution in [0.1, 0.15) is 51.7 Å². The fourth-order valence-electron chi connectivity index (χ4n) is 2.72. The molecular weight excluding hydrogens is 304 g/mol. The summed E-state index contributed by atoms with van der Waals surface area (Å²) < 4.78 is 10.4. The first-order chi connectivity index (χ1) is 11.4. The number of phenolic OH excluding ortho intramolecular Hbond substituents is 2. The van der Waals surface area contributed by atoms with Gasteiger partial charge in [0.1, 0.15) is 0 Å². The smallest absolute Gasteiger partial charge is 0.207 e. The van der Waals surface area contributed by atoms with Gasteiger partial charge in [-0.3, -0.25) is 0 Å². The van der Waals surface area contributed by atoms with Crippen molar-refractivity contribution in [2.24, 2.45) is 0 Å². The number of hydrogen-bond acceptors (Lipinski definition) is 4. The summed E-state index contributed by atoms with van der Waals surface area (Å²) in [6.07, 6.45) is 7.44. The zero-order chi connectivity index (χ0) is 18.3. The number of hydrogen-bond donors (Lipinski definition) is 2. The quantitative estimate of drug-likeness (QED) is 0.524. The second-order valence-corrected chi connectivity index (χ2v) is 6.15. The molecule has 24 heavy (non-hydrogen) atoms. The van der Waals surface area contributed by atoms with E-state index in [0.29, 0.717) is 24.0 Å². The van der Waals surface area contributed by atoms with E-state index in [1.54, 1.807) is 0 Å². The first-order valence-electron chi connectivity index (χ1n) is 8.33. The van der Waals surface area contributed by atoms with E-state index in [1.807, 2.05) is 6.92 Å². The Morgan fingerprint density at radius 2 is 1.46 bits per heavy atom. The van der Waals surface area contributed by atoms with Crippen molar-refractivity contribution in [1.82, 2.24) is 0 Å². The predicted octanol–water partition coefficient (Wildman–Crippen LogP) is 4.91. The Bertz CT molecular complexity index is 623. The topological polar surface area (TPSA) is 58.9 Å². The van der Waals surface area contributed by atoms with Crippen LogP contribution in [0.25, 0.3) is 0 Å². The van der Waals surface area contributed by atoms with Gasteiger partial charge in [-0.05, 0) is 46.5 Å². The average molecular weight is 334 g/mol. The third-order valence-electron chi connectivity index (χ3n) is 4.08. The number of rotatable bonds is 8. The molecule has 0 atom stereocenters. The molecule has 2 N–H and O–H groups in total. The van der Waals surface area contributed by atoms with Crippen molar-refractivity contribution >= 4 is 0 Å². The fourth-order valence-corrected chi connectivity index (χ4v) is 2.72. The van der Waals surface area contributed by atoms with Gasteiger partial charge in [0.25, 0.3) is 0 Å². The molecule has 0 saturated carbocycles. The summed E-state index contributed by atoms with van der Waals surface area (Å²) in [4.78, 5) is 0. The van der Waals surface area contributed by atoms with Gasteiger partial charge in [0.2, 0.25) is 11.5 Å². The van der Waals surface area contributed by atoms with E-state index in [0.717, 1.165) is 12.8 Å². The molecule has 0 bridgehead atoms. The molecule has 0 aliphatic carbocycles. The number of phenols is 2. The van der Waals surface area contributed by atoms with E-state index in [-0.39, 0.29) is 23.0 Å². The Morgan fingerprint density at radius 1 is 0.917 bits per heavy atom. The Morgan fingerprint density at radius 3 is 1.92 bits per heavy atom. The van der Waals surface area contributed by atoms with E-state index in [2.05, 4.69) is 32.9 Å². The van der Waals surface area contributed by atoms with Crippen LogP contribution >= 0.6 is 0 Å². The molecule has 1 aromatic carbocycles. The first-order valence-corrected chi connectivity index (χ1v) is 8.33. The van der Waals surface area contributed by atoms with Crippen molar-refractivity contribution in [1.29, 1.82) is 0 Å². The van der Waals surface area contributed by atoms with Crippen LogP contribution in [-0.4, -0.2) is 24.4 Å². The second-order valence-electron chi connectivity index (χ2n) is 6.15. The molecule has 0 aliphatic rings. The van der Waals surface area contributed by atoms with Gasteiger partial charge in [-0.25, -0.2) is 0 Å². The maximum atomic E-state index is 10.5. The Kier molecular flexibility index (Phi) is 7.69. The minimum Gasteiger partial charge on any atom is -0.504 e. The molecule has 0 amide bonds. The van der Waals surface area contributed by atoms with Crippen LogP contribution in [0.3, 0.4) is 0 Å². The number of methoxy groups -OCH3 is 2. The van der Waals surface area contributed by atoms with Gasteiger partial charge < -0.3 is 19.7 Å². The molecule has 0 fully saturated rings. The predicted molar refractivity (Wildman–Crippen MR) is 98.4 cm³/mol. The maximum absolute atomic E-state index is 10.5. The lowest BCUT2D eigenvalue weighted by Gasteiger charge is -2.18. The molecule has 0 aliphatic heterocycles. The number of ether oxygens (including phenoxy) is 2. The van der Waals surface area contributed by atoms with Gasteiger partial charge in [-0.2, -0.15) is 0 Å². The Labute approximate surface area is 145 Å². The molecule has 1 aromatic rings. The molecule has 0 heterocycles. The Hall–Kier alpha value is -2.10. The Balaban J connectivity index is 3.15. The molecule has 4 heteroatoms. The second kappa shape index (κ2) is 9.26. The van der Waals surface area contributed by atoms with Crippen molar-refractivity contribution in [3.05, 3.63) is 34.4 Å².